The molecule has 17 heavy (non-hydrogen) atoms. The van der Waals surface area contributed by atoms with E-state index in [1.165, 1.54) is 12.1 Å². The number of hydrogen-bond acceptors (Lipinski definition) is 4. The van der Waals surface area contributed by atoms with E-state index in [2.05, 4.69) is 20.7 Å². The average Bonchev–Trinajstić information content (AvgIpc) is 2.25. The first-order chi connectivity index (χ1) is 7.86. The van der Waals surface area contributed by atoms with Gasteiger partial charge in [0.05, 0.1) is 11.8 Å². The molecule has 7 heteroatoms. The van der Waals surface area contributed by atoms with Gasteiger partial charge in [-0.2, -0.15) is 0 Å². The molecule has 0 bridgehead atoms. The topological polar surface area (TPSA) is 92.4 Å². The lowest BCUT2D eigenvalue weighted by atomic mass is 10.3. The van der Waals surface area contributed by atoms with Crippen LogP contribution in [0.3, 0.4) is 0 Å². The van der Waals surface area contributed by atoms with Gasteiger partial charge >= 0.3 is 0 Å². The molecule has 0 amide bonds. The molecule has 0 spiro atoms. The van der Waals surface area contributed by atoms with E-state index in [1.807, 2.05) is 0 Å². The van der Waals surface area contributed by atoms with Crippen LogP contribution in [0, 0.1) is 0 Å². The molecule has 0 aromatic heterocycles. The summed E-state index contributed by atoms with van der Waals surface area (Å²) in [6.07, 6.45) is -0.209. The Hall–Kier alpha value is -0.630. The molecule has 0 radical (unpaired) electrons. The number of rotatable bonds is 5. The third-order valence-electron chi connectivity index (χ3n) is 2.24. The first-order valence-electron chi connectivity index (χ1n) is 5.09. The number of nitrogens with two attached hydrogens (primary N) is 1. The highest BCUT2D eigenvalue weighted by Crippen LogP contribution is 2.22. The highest BCUT2D eigenvalue weighted by Gasteiger charge is 2.18. The summed E-state index contributed by atoms with van der Waals surface area (Å²) in [6, 6.07) is 4.53. The molecule has 5 nitrogen and oxygen atoms in total. The molecule has 96 valence electrons. The molecule has 0 aliphatic heterocycles. The molecule has 0 aliphatic rings. The molecule has 1 atom stereocenters. The fraction of sp³-hybridized carbons (Fsp3) is 0.400. The zero-order chi connectivity index (χ0) is 13.1. The number of sulfonamides is 1. The summed E-state index contributed by atoms with van der Waals surface area (Å²) < 4.78 is 26.8. The van der Waals surface area contributed by atoms with E-state index >= 15 is 0 Å². The first-order valence-corrected chi connectivity index (χ1v) is 7.37. The van der Waals surface area contributed by atoms with Gasteiger partial charge in [0.2, 0.25) is 10.0 Å². The average molecular weight is 323 g/mol. The maximum atomic E-state index is 11.9. The van der Waals surface area contributed by atoms with Gasteiger partial charge in [-0.25, -0.2) is 13.1 Å². The van der Waals surface area contributed by atoms with Gasteiger partial charge in [0.1, 0.15) is 4.90 Å². The molecule has 0 saturated heterocycles. The Labute approximate surface area is 109 Å². The Balaban J connectivity index is 2.90. The molecular formula is C10H15BrN2O3S. The lowest BCUT2D eigenvalue weighted by Crippen LogP contribution is -2.32. The minimum atomic E-state index is -3.67. The van der Waals surface area contributed by atoms with Crippen molar-refractivity contribution in [3.8, 4) is 0 Å². The molecule has 0 heterocycles. The van der Waals surface area contributed by atoms with Crippen LogP contribution in [0.25, 0.3) is 0 Å². The molecule has 0 aliphatic carbocycles. The standard InChI is InChI=1S/C10H15BrN2O3S/c1-2-8(14)6-13-17(15,16)10-4-3-7(11)5-9(10)12/h3-5,8,13-14H,2,6,12H2,1H3. The van der Waals surface area contributed by atoms with Crippen LogP contribution in [0.2, 0.25) is 0 Å². The first kappa shape index (κ1) is 14.4. The predicted molar refractivity (Wildman–Crippen MR) is 70.0 cm³/mol. The zero-order valence-electron chi connectivity index (χ0n) is 9.35. The Morgan fingerprint density at radius 3 is 2.71 bits per heavy atom. The summed E-state index contributed by atoms with van der Waals surface area (Å²) in [6.45, 7) is 1.75. The Kier molecular flexibility index (Phi) is 4.93. The molecular weight excluding hydrogens is 308 g/mol. The van der Waals surface area contributed by atoms with Crippen molar-refractivity contribution in [2.75, 3.05) is 12.3 Å². The van der Waals surface area contributed by atoms with Gasteiger partial charge in [-0.15, -0.1) is 0 Å². The molecule has 0 saturated carbocycles. The van der Waals surface area contributed by atoms with Crippen LogP contribution in [-0.2, 0) is 10.0 Å². The summed E-state index contributed by atoms with van der Waals surface area (Å²) in [5.41, 5.74) is 5.80. The molecule has 4 N–H and O–H groups in total. The van der Waals surface area contributed by atoms with Crippen molar-refractivity contribution < 1.29 is 13.5 Å². The van der Waals surface area contributed by atoms with Gasteiger partial charge in [-0.1, -0.05) is 22.9 Å². The SMILES string of the molecule is CCC(O)CNS(=O)(=O)c1ccc(Br)cc1N. The van der Waals surface area contributed by atoms with Crippen LogP contribution in [-0.4, -0.2) is 26.2 Å². The monoisotopic (exact) mass is 322 g/mol. The summed E-state index contributed by atoms with van der Waals surface area (Å²) in [4.78, 5) is 0.0176. The number of hydrogen-bond donors (Lipinski definition) is 3. The highest BCUT2D eigenvalue weighted by atomic mass is 79.9. The lowest BCUT2D eigenvalue weighted by molar-refractivity contribution is 0.174. The Morgan fingerprint density at radius 1 is 1.53 bits per heavy atom. The van der Waals surface area contributed by atoms with Crippen LogP contribution in [0.4, 0.5) is 5.69 Å². The summed E-state index contributed by atoms with van der Waals surface area (Å²) in [5, 5.41) is 9.32. The molecule has 0 fully saturated rings. The third-order valence-corrected chi connectivity index (χ3v) is 4.23. The van der Waals surface area contributed by atoms with Crippen molar-refractivity contribution in [3.63, 3.8) is 0 Å². The van der Waals surface area contributed by atoms with Gasteiger partial charge in [-0.05, 0) is 24.6 Å². The molecule has 1 aromatic carbocycles. The highest BCUT2D eigenvalue weighted by molar-refractivity contribution is 9.10. The largest absolute Gasteiger partial charge is 0.398 e. The Bertz CT molecular complexity index is 490. The number of anilines is 1. The third kappa shape index (κ3) is 3.95. The van der Waals surface area contributed by atoms with Crippen LogP contribution in [0.15, 0.2) is 27.6 Å². The van der Waals surface area contributed by atoms with Crippen LogP contribution in [0.5, 0.6) is 0 Å². The minimum Gasteiger partial charge on any atom is -0.398 e. The maximum Gasteiger partial charge on any atom is 0.242 e. The van der Waals surface area contributed by atoms with Gasteiger partial charge in [0, 0.05) is 11.0 Å². The minimum absolute atomic E-state index is 0.0176. The quantitative estimate of drug-likeness (QED) is 0.707. The summed E-state index contributed by atoms with van der Waals surface area (Å²) in [7, 11) is -3.67. The van der Waals surface area contributed by atoms with Crippen LogP contribution >= 0.6 is 15.9 Å². The number of aliphatic hydroxyl groups is 1. The van der Waals surface area contributed by atoms with Crippen LogP contribution < -0.4 is 10.5 Å². The maximum absolute atomic E-state index is 11.9. The molecule has 1 rings (SSSR count). The number of aliphatic hydroxyl groups excluding tert-OH is 1. The van der Waals surface area contributed by atoms with E-state index in [9.17, 15) is 13.5 Å². The second-order valence-electron chi connectivity index (χ2n) is 3.60. The number of benzene rings is 1. The van der Waals surface area contributed by atoms with Crippen molar-refractivity contribution in [3.05, 3.63) is 22.7 Å². The second-order valence-corrected chi connectivity index (χ2v) is 6.25. The normalized spacial score (nSPS) is 13.6. The van der Waals surface area contributed by atoms with E-state index in [0.717, 1.165) is 0 Å². The van der Waals surface area contributed by atoms with E-state index in [0.29, 0.717) is 10.9 Å². The summed E-state index contributed by atoms with van der Waals surface area (Å²) in [5.74, 6) is 0. The van der Waals surface area contributed by atoms with Gasteiger partial charge in [0.15, 0.2) is 0 Å². The number of nitrogen functional groups attached to an aromatic ring is 1. The Morgan fingerprint density at radius 2 is 2.18 bits per heavy atom. The van der Waals surface area contributed by atoms with Gasteiger partial charge in [0.25, 0.3) is 0 Å². The smallest absolute Gasteiger partial charge is 0.242 e. The van der Waals surface area contributed by atoms with Crippen molar-refractivity contribution in [1.29, 1.82) is 0 Å². The molecule has 1 aromatic rings. The summed E-state index contributed by atoms with van der Waals surface area (Å²) >= 11 is 3.20. The van der Waals surface area contributed by atoms with E-state index in [1.54, 1.807) is 13.0 Å². The van der Waals surface area contributed by atoms with Crippen LogP contribution in [0.1, 0.15) is 13.3 Å². The van der Waals surface area contributed by atoms with Gasteiger partial charge < -0.3 is 10.8 Å². The van der Waals surface area contributed by atoms with Crippen molar-refractivity contribution in [1.82, 2.24) is 4.72 Å². The van der Waals surface area contributed by atoms with Gasteiger partial charge in [-0.3, -0.25) is 0 Å². The fourth-order valence-corrected chi connectivity index (χ4v) is 2.75. The van der Waals surface area contributed by atoms with E-state index < -0.39 is 16.1 Å². The number of nitrogens with one attached hydrogen (secondary N) is 1. The van der Waals surface area contributed by atoms with E-state index in [4.69, 9.17) is 5.73 Å². The fourth-order valence-electron chi connectivity index (χ4n) is 1.19. The van der Waals surface area contributed by atoms with Crippen molar-refractivity contribution >= 4 is 31.6 Å². The van der Waals surface area contributed by atoms with E-state index in [-0.39, 0.29) is 17.1 Å². The van der Waals surface area contributed by atoms with Crippen molar-refractivity contribution in [2.45, 2.75) is 24.3 Å². The van der Waals surface area contributed by atoms with Crippen molar-refractivity contribution in [2.24, 2.45) is 0 Å². The second kappa shape index (κ2) is 5.81. The predicted octanol–water partition coefficient (Wildman–Crippen LogP) is 1.08. The number of halogens is 1. The zero-order valence-corrected chi connectivity index (χ0v) is 11.8. The lowest BCUT2D eigenvalue weighted by Gasteiger charge is -2.11. The molecule has 1 unspecified atom stereocenters.